The summed E-state index contributed by atoms with van der Waals surface area (Å²) in [7, 11) is 0. The summed E-state index contributed by atoms with van der Waals surface area (Å²) in [5.41, 5.74) is 2.99. The lowest BCUT2D eigenvalue weighted by Gasteiger charge is -2.15. The molecule has 0 radical (unpaired) electrons. The Labute approximate surface area is 152 Å². The van der Waals surface area contributed by atoms with Crippen LogP contribution in [-0.2, 0) is 4.79 Å². The molecule has 25 heavy (non-hydrogen) atoms. The maximum absolute atomic E-state index is 12.4. The van der Waals surface area contributed by atoms with Crippen LogP contribution in [0.5, 0.6) is 0 Å². The molecule has 1 fully saturated rings. The number of amides is 2. The van der Waals surface area contributed by atoms with E-state index in [2.05, 4.69) is 10.3 Å². The number of nitrogens with zero attached hydrogens (tertiary/aromatic N) is 2. The smallest absolute Gasteiger partial charge is 0.263 e. The average molecular weight is 357 g/mol. The summed E-state index contributed by atoms with van der Waals surface area (Å²) in [4.78, 5) is 31.0. The molecule has 6 heteroatoms. The fourth-order valence-corrected chi connectivity index (χ4v) is 3.91. The molecule has 3 rings (SSSR count). The highest BCUT2D eigenvalue weighted by Gasteiger charge is 2.20. The highest BCUT2D eigenvalue weighted by molar-refractivity contribution is 7.17. The van der Waals surface area contributed by atoms with E-state index in [0.29, 0.717) is 17.8 Å². The second kappa shape index (κ2) is 7.78. The highest BCUT2D eigenvalue weighted by Crippen LogP contribution is 2.28. The Morgan fingerprint density at radius 2 is 2.04 bits per heavy atom. The second-order valence-electron chi connectivity index (χ2n) is 6.39. The van der Waals surface area contributed by atoms with Gasteiger partial charge in [-0.1, -0.05) is 29.8 Å². The average Bonchev–Trinajstić information content (AvgIpc) is 3.18. The van der Waals surface area contributed by atoms with Crippen molar-refractivity contribution in [3.05, 3.63) is 40.4 Å². The second-order valence-corrected chi connectivity index (χ2v) is 7.39. The predicted octanol–water partition coefficient (Wildman–Crippen LogP) is 3.17. The van der Waals surface area contributed by atoms with Gasteiger partial charge >= 0.3 is 0 Å². The Balaban J connectivity index is 1.55. The maximum atomic E-state index is 12.4. The topological polar surface area (TPSA) is 62.3 Å². The van der Waals surface area contributed by atoms with Crippen LogP contribution in [0, 0.1) is 13.8 Å². The lowest BCUT2D eigenvalue weighted by atomic mass is 10.2. The molecule has 1 aromatic carbocycles. The van der Waals surface area contributed by atoms with E-state index in [9.17, 15) is 9.59 Å². The van der Waals surface area contributed by atoms with Crippen molar-refractivity contribution in [2.75, 3.05) is 19.6 Å². The van der Waals surface area contributed by atoms with Crippen LogP contribution in [0.3, 0.4) is 0 Å². The third kappa shape index (κ3) is 4.25. The van der Waals surface area contributed by atoms with Crippen molar-refractivity contribution >= 4 is 23.2 Å². The number of nitrogens with one attached hydrogen (secondary N) is 1. The van der Waals surface area contributed by atoms with Crippen molar-refractivity contribution in [3.8, 4) is 10.6 Å². The van der Waals surface area contributed by atoms with Gasteiger partial charge in [-0.2, -0.15) is 0 Å². The number of hydrogen-bond acceptors (Lipinski definition) is 4. The van der Waals surface area contributed by atoms with Gasteiger partial charge in [-0.3, -0.25) is 9.59 Å². The number of carbonyl (C=O) groups excluding carboxylic acids is 2. The Morgan fingerprint density at radius 3 is 2.72 bits per heavy atom. The summed E-state index contributed by atoms with van der Waals surface area (Å²) >= 11 is 1.42. The number of carbonyl (C=O) groups is 2. The van der Waals surface area contributed by atoms with Crippen LogP contribution in [0.25, 0.3) is 10.6 Å². The number of likely N-dealkylation sites (tertiary alicyclic amines) is 1. The molecule has 2 heterocycles. The lowest BCUT2D eigenvalue weighted by molar-refractivity contribution is -0.127. The van der Waals surface area contributed by atoms with Crippen LogP contribution >= 0.6 is 11.3 Å². The number of thiazole rings is 1. The van der Waals surface area contributed by atoms with Gasteiger partial charge in [0.05, 0.1) is 5.69 Å². The number of aromatic nitrogens is 1. The van der Waals surface area contributed by atoms with Crippen molar-refractivity contribution in [3.63, 3.8) is 0 Å². The Hall–Kier alpha value is -2.21. The first-order valence-corrected chi connectivity index (χ1v) is 9.46. The molecule has 1 aliphatic rings. The van der Waals surface area contributed by atoms with E-state index in [1.54, 1.807) is 0 Å². The third-order valence-electron chi connectivity index (χ3n) is 4.36. The molecule has 2 aromatic rings. The molecule has 0 aliphatic carbocycles. The molecule has 132 valence electrons. The standard InChI is InChI=1S/C19H23N3O2S/c1-13-6-8-15(9-7-13)19-21-14(2)17(25-19)18(24)20-10-4-12-22-11-3-5-16(22)23/h6-9H,3-5,10-12H2,1-2H3,(H,20,24). The molecule has 1 N–H and O–H groups in total. The SMILES string of the molecule is Cc1ccc(-c2nc(C)c(C(=O)NCCCN3CCCC3=O)s2)cc1. The summed E-state index contributed by atoms with van der Waals surface area (Å²) in [6.07, 6.45) is 2.39. The zero-order chi connectivity index (χ0) is 17.8. The van der Waals surface area contributed by atoms with Crippen LogP contribution in [0.15, 0.2) is 24.3 Å². The Bertz CT molecular complexity index is 767. The number of rotatable bonds is 6. The first kappa shape index (κ1) is 17.6. The molecule has 0 bridgehead atoms. The van der Waals surface area contributed by atoms with Gasteiger partial charge in [0.25, 0.3) is 5.91 Å². The van der Waals surface area contributed by atoms with E-state index in [1.165, 1.54) is 16.9 Å². The maximum Gasteiger partial charge on any atom is 0.263 e. The Morgan fingerprint density at radius 1 is 1.28 bits per heavy atom. The normalized spacial score (nSPS) is 14.2. The zero-order valence-corrected chi connectivity index (χ0v) is 15.5. The van der Waals surface area contributed by atoms with E-state index in [-0.39, 0.29) is 11.8 Å². The minimum Gasteiger partial charge on any atom is -0.351 e. The number of hydrogen-bond donors (Lipinski definition) is 1. The van der Waals surface area contributed by atoms with Crippen molar-refractivity contribution in [2.24, 2.45) is 0 Å². The Kier molecular flexibility index (Phi) is 5.48. The quantitative estimate of drug-likeness (QED) is 0.808. The van der Waals surface area contributed by atoms with Gasteiger partial charge in [0, 0.05) is 31.6 Å². The predicted molar refractivity (Wildman–Crippen MR) is 99.8 cm³/mol. The minimum atomic E-state index is -0.0823. The molecule has 0 spiro atoms. The van der Waals surface area contributed by atoms with Gasteiger partial charge in [0.2, 0.25) is 5.91 Å². The van der Waals surface area contributed by atoms with Crippen molar-refractivity contribution in [2.45, 2.75) is 33.1 Å². The monoisotopic (exact) mass is 357 g/mol. The van der Waals surface area contributed by atoms with Gasteiger partial charge in [-0.25, -0.2) is 4.98 Å². The first-order valence-electron chi connectivity index (χ1n) is 8.65. The summed E-state index contributed by atoms with van der Waals surface area (Å²) < 4.78 is 0. The lowest BCUT2D eigenvalue weighted by Crippen LogP contribution is -2.30. The van der Waals surface area contributed by atoms with E-state index >= 15 is 0 Å². The van der Waals surface area contributed by atoms with Crippen LogP contribution in [-0.4, -0.2) is 41.3 Å². The van der Waals surface area contributed by atoms with E-state index in [4.69, 9.17) is 0 Å². The molecular weight excluding hydrogens is 334 g/mol. The molecular formula is C19H23N3O2S. The van der Waals surface area contributed by atoms with Crippen LogP contribution in [0.1, 0.15) is 40.2 Å². The van der Waals surface area contributed by atoms with E-state index < -0.39 is 0 Å². The third-order valence-corrected chi connectivity index (χ3v) is 5.57. The van der Waals surface area contributed by atoms with Gasteiger partial charge in [0.1, 0.15) is 9.88 Å². The van der Waals surface area contributed by atoms with Gasteiger partial charge in [-0.05, 0) is 26.7 Å². The number of aryl methyl sites for hydroxylation is 2. The summed E-state index contributed by atoms with van der Waals surface area (Å²) in [6.45, 7) is 6.05. The first-order chi connectivity index (χ1) is 12.0. The molecule has 1 aliphatic heterocycles. The fourth-order valence-electron chi connectivity index (χ4n) is 2.92. The molecule has 2 amide bonds. The summed E-state index contributed by atoms with van der Waals surface area (Å²) in [6, 6.07) is 8.15. The van der Waals surface area contributed by atoms with Crippen molar-refractivity contribution in [1.82, 2.24) is 15.2 Å². The minimum absolute atomic E-state index is 0.0823. The van der Waals surface area contributed by atoms with E-state index in [1.807, 2.05) is 43.0 Å². The molecule has 0 saturated carbocycles. The van der Waals surface area contributed by atoms with Crippen LogP contribution in [0.4, 0.5) is 0 Å². The molecule has 0 unspecified atom stereocenters. The molecule has 1 aromatic heterocycles. The largest absolute Gasteiger partial charge is 0.351 e. The highest BCUT2D eigenvalue weighted by atomic mass is 32.1. The van der Waals surface area contributed by atoms with Gasteiger partial charge < -0.3 is 10.2 Å². The number of benzene rings is 1. The molecule has 1 saturated heterocycles. The molecule has 5 nitrogen and oxygen atoms in total. The molecule has 0 atom stereocenters. The van der Waals surface area contributed by atoms with Crippen molar-refractivity contribution in [1.29, 1.82) is 0 Å². The van der Waals surface area contributed by atoms with Gasteiger partial charge in [0.15, 0.2) is 0 Å². The summed E-state index contributed by atoms with van der Waals surface area (Å²) in [5.74, 6) is 0.147. The van der Waals surface area contributed by atoms with Crippen LogP contribution < -0.4 is 5.32 Å². The zero-order valence-electron chi connectivity index (χ0n) is 14.7. The van der Waals surface area contributed by atoms with Crippen molar-refractivity contribution < 1.29 is 9.59 Å². The van der Waals surface area contributed by atoms with E-state index in [0.717, 1.165) is 42.2 Å². The summed E-state index contributed by atoms with van der Waals surface area (Å²) in [5, 5.41) is 3.81. The van der Waals surface area contributed by atoms with Gasteiger partial charge in [-0.15, -0.1) is 11.3 Å². The van der Waals surface area contributed by atoms with Crippen LogP contribution in [0.2, 0.25) is 0 Å². The fraction of sp³-hybridized carbons (Fsp3) is 0.421.